The Kier molecular flexibility index (Phi) is 5.62. The minimum atomic E-state index is 0.0341. The van der Waals surface area contributed by atoms with Crippen LogP contribution >= 0.6 is 0 Å². The van der Waals surface area contributed by atoms with E-state index in [2.05, 4.69) is 72.8 Å². The summed E-state index contributed by atoms with van der Waals surface area (Å²) in [6, 6.07) is 12.9. The predicted octanol–water partition coefficient (Wildman–Crippen LogP) is 4.94. The molecule has 1 aromatic heterocycles. The zero-order valence-corrected chi connectivity index (χ0v) is 15.7. The quantitative estimate of drug-likeness (QED) is 0.732. The summed E-state index contributed by atoms with van der Waals surface area (Å²) in [5.74, 6) is 0.476. The number of aryl methyl sites for hydroxylation is 1. The molecule has 1 aliphatic rings. The Balaban J connectivity index is 1.95. The van der Waals surface area contributed by atoms with Crippen LogP contribution in [0.25, 0.3) is 0 Å². The number of aromatic nitrogens is 1. The van der Waals surface area contributed by atoms with E-state index in [-0.39, 0.29) is 12.0 Å². The van der Waals surface area contributed by atoms with Gasteiger partial charge in [0.05, 0.1) is 6.04 Å². The standard InChI is InChI=1S/C22H30N2O/c1-4-6-10-18(5-2)22(25)24-15-14-23-13-8-12-20(23)21(24)19-11-7-9-17(3)16-19/h7-9,11-13,16,18,21H,4-6,10,14-15H2,1-3H3. The van der Waals surface area contributed by atoms with Gasteiger partial charge in [0.15, 0.2) is 0 Å². The zero-order valence-electron chi connectivity index (χ0n) is 15.7. The van der Waals surface area contributed by atoms with Crippen molar-refractivity contribution in [3.05, 3.63) is 59.4 Å². The van der Waals surface area contributed by atoms with E-state index in [1.165, 1.54) is 16.8 Å². The highest BCUT2D eigenvalue weighted by Crippen LogP contribution is 2.34. The third kappa shape index (κ3) is 3.65. The smallest absolute Gasteiger partial charge is 0.226 e. The Morgan fingerprint density at radius 2 is 2.04 bits per heavy atom. The number of hydrogen-bond acceptors (Lipinski definition) is 1. The first-order chi connectivity index (χ1) is 12.2. The summed E-state index contributed by atoms with van der Waals surface area (Å²) in [4.78, 5) is 15.5. The Labute approximate surface area is 151 Å². The van der Waals surface area contributed by atoms with Crippen LogP contribution in [0.15, 0.2) is 42.6 Å². The van der Waals surface area contributed by atoms with Gasteiger partial charge in [-0.15, -0.1) is 0 Å². The van der Waals surface area contributed by atoms with E-state index in [9.17, 15) is 4.79 Å². The Hall–Kier alpha value is -2.03. The molecule has 0 spiro atoms. The average molecular weight is 338 g/mol. The van der Waals surface area contributed by atoms with E-state index in [4.69, 9.17) is 0 Å². The third-order valence-corrected chi connectivity index (χ3v) is 5.43. The van der Waals surface area contributed by atoms with Crippen LogP contribution in [0.1, 0.15) is 62.4 Å². The summed E-state index contributed by atoms with van der Waals surface area (Å²) in [5, 5.41) is 0. The molecule has 2 aromatic rings. The van der Waals surface area contributed by atoms with Crippen molar-refractivity contribution in [2.75, 3.05) is 6.54 Å². The van der Waals surface area contributed by atoms with Crippen molar-refractivity contribution in [2.24, 2.45) is 5.92 Å². The first kappa shape index (κ1) is 17.8. The number of unbranched alkanes of at least 4 members (excludes halogenated alkanes) is 1. The molecule has 0 bridgehead atoms. The van der Waals surface area contributed by atoms with Gasteiger partial charge in [-0.25, -0.2) is 0 Å². The molecular formula is C22H30N2O. The fraction of sp³-hybridized carbons (Fsp3) is 0.500. The molecule has 3 rings (SSSR count). The number of nitrogens with zero attached hydrogens (tertiary/aromatic N) is 2. The number of rotatable bonds is 6. The van der Waals surface area contributed by atoms with E-state index in [0.717, 1.165) is 38.8 Å². The first-order valence-electron chi connectivity index (χ1n) is 9.67. The lowest BCUT2D eigenvalue weighted by molar-refractivity contribution is -0.138. The first-order valence-corrected chi connectivity index (χ1v) is 9.67. The van der Waals surface area contributed by atoms with E-state index in [1.807, 2.05) is 0 Å². The number of hydrogen-bond donors (Lipinski definition) is 0. The van der Waals surface area contributed by atoms with Crippen molar-refractivity contribution in [3.63, 3.8) is 0 Å². The molecule has 1 amide bonds. The van der Waals surface area contributed by atoms with Gasteiger partial charge in [-0.3, -0.25) is 4.79 Å². The molecule has 0 N–H and O–H groups in total. The molecule has 1 aromatic carbocycles. The average Bonchev–Trinajstić information content (AvgIpc) is 3.10. The van der Waals surface area contributed by atoms with Crippen LogP contribution in [0.2, 0.25) is 0 Å². The van der Waals surface area contributed by atoms with Crippen molar-refractivity contribution < 1.29 is 4.79 Å². The molecule has 2 unspecified atom stereocenters. The molecule has 2 atom stereocenters. The van der Waals surface area contributed by atoms with Gasteiger partial charge in [0, 0.05) is 30.9 Å². The van der Waals surface area contributed by atoms with E-state index < -0.39 is 0 Å². The minimum absolute atomic E-state index is 0.0341. The van der Waals surface area contributed by atoms with Gasteiger partial charge in [0.25, 0.3) is 0 Å². The monoisotopic (exact) mass is 338 g/mol. The van der Waals surface area contributed by atoms with Gasteiger partial charge in [0.2, 0.25) is 5.91 Å². The largest absolute Gasteiger partial charge is 0.348 e. The van der Waals surface area contributed by atoms with Crippen LogP contribution in [0.4, 0.5) is 0 Å². The van der Waals surface area contributed by atoms with Crippen molar-refractivity contribution >= 4 is 5.91 Å². The molecular weight excluding hydrogens is 308 g/mol. The van der Waals surface area contributed by atoms with Gasteiger partial charge in [-0.05, 0) is 37.5 Å². The van der Waals surface area contributed by atoms with Crippen LogP contribution in [0.5, 0.6) is 0 Å². The van der Waals surface area contributed by atoms with Gasteiger partial charge >= 0.3 is 0 Å². The number of carbonyl (C=O) groups is 1. The molecule has 0 aliphatic carbocycles. The number of carbonyl (C=O) groups excluding carboxylic acids is 1. The maximum absolute atomic E-state index is 13.4. The van der Waals surface area contributed by atoms with E-state index >= 15 is 0 Å². The normalized spacial score (nSPS) is 18.0. The lowest BCUT2D eigenvalue weighted by Crippen LogP contribution is -2.45. The maximum Gasteiger partial charge on any atom is 0.226 e. The van der Waals surface area contributed by atoms with Crippen LogP contribution in [-0.4, -0.2) is 21.9 Å². The summed E-state index contributed by atoms with van der Waals surface area (Å²) < 4.78 is 2.30. The molecule has 3 nitrogen and oxygen atoms in total. The van der Waals surface area contributed by atoms with Gasteiger partial charge < -0.3 is 9.47 Å². The summed E-state index contributed by atoms with van der Waals surface area (Å²) in [6.45, 7) is 8.14. The lowest BCUT2D eigenvalue weighted by Gasteiger charge is -2.39. The van der Waals surface area contributed by atoms with Crippen molar-refractivity contribution in [3.8, 4) is 0 Å². The topological polar surface area (TPSA) is 25.2 Å². The highest BCUT2D eigenvalue weighted by Gasteiger charge is 2.34. The molecule has 25 heavy (non-hydrogen) atoms. The van der Waals surface area contributed by atoms with Gasteiger partial charge in [-0.1, -0.05) is 56.5 Å². The molecule has 0 saturated carbocycles. The molecule has 0 radical (unpaired) electrons. The predicted molar refractivity (Wildman–Crippen MR) is 102 cm³/mol. The molecule has 3 heteroatoms. The SMILES string of the molecule is CCCCC(CC)C(=O)N1CCn2cccc2C1c1cccc(C)c1. The maximum atomic E-state index is 13.4. The third-order valence-electron chi connectivity index (χ3n) is 5.43. The summed E-state index contributed by atoms with van der Waals surface area (Å²) >= 11 is 0. The van der Waals surface area contributed by atoms with Crippen molar-refractivity contribution in [1.29, 1.82) is 0 Å². The van der Waals surface area contributed by atoms with Crippen LogP contribution in [-0.2, 0) is 11.3 Å². The van der Waals surface area contributed by atoms with E-state index in [1.54, 1.807) is 0 Å². The second-order valence-electron chi connectivity index (χ2n) is 7.22. The fourth-order valence-corrected chi connectivity index (χ4v) is 4.00. The Bertz CT molecular complexity index is 718. The number of benzene rings is 1. The molecule has 1 aliphatic heterocycles. The summed E-state index contributed by atoms with van der Waals surface area (Å²) in [7, 11) is 0. The zero-order chi connectivity index (χ0) is 17.8. The highest BCUT2D eigenvalue weighted by atomic mass is 16.2. The molecule has 134 valence electrons. The Morgan fingerprint density at radius 1 is 1.20 bits per heavy atom. The van der Waals surface area contributed by atoms with Crippen molar-refractivity contribution in [1.82, 2.24) is 9.47 Å². The van der Waals surface area contributed by atoms with Gasteiger partial charge in [-0.2, -0.15) is 0 Å². The van der Waals surface area contributed by atoms with Crippen LogP contribution in [0, 0.1) is 12.8 Å². The summed E-state index contributed by atoms with van der Waals surface area (Å²) in [5.41, 5.74) is 3.69. The van der Waals surface area contributed by atoms with Crippen LogP contribution in [0.3, 0.4) is 0 Å². The van der Waals surface area contributed by atoms with Gasteiger partial charge in [0.1, 0.15) is 0 Å². The summed E-state index contributed by atoms with van der Waals surface area (Å²) in [6.07, 6.45) is 6.34. The highest BCUT2D eigenvalue weighted by molar-refractivity contribution is 5.80. The van der Waals surface area contributed by atoms with E-state index in [0.29, 0.717) is 5.91 Å². The molecule has 0 fully saturated rings. The molecule has 0 saturated heterocycles. The van der Waals surface area contributed by atoms with Crippen molar-refractivity contribution in [2.45, 2.75) is 59.0 Å². The number of amides is 1. The second-order valence-corrected chi connectivity index (χ2v) is 7.22. The second kappa shape index (κ2) is 7.90. The molecule has 2 heterocycles. The Morgan fingerprint density at radius 3 is 2.76 bits per heavy atom. The number of fused-ring (bicyclic) bond motifs is 1. The lowest BCUT2D eigenvalue weighted by atomic mass is 9.93. The van der Waals surface area contributed by atoms with Crippen LogP contribution < -0.4 is 0 Å². The minimum Gasteiger partial charge on any atom is -0.348 e. The fourth-order valence-electron chi connectivity index (χ4n) is 4.00.